The minimum Gasteiger partial charge on any atom is -0.497 e. The van der Waals surface area contributed by atoms with Crippen LogP contribution in [0.25, 0.3) is 0 Å². The number of hydrogen-bond donors (Lipinski definition) is 1. The van der Waals surface area contributed by atoms with Crippen molar-refractivity contribution in [2.75, 3.05) is 26.6 Å². The lowest BCUT2D eigenvalue weighted by atomic mass is 10.1. The Balaban J connectivity index is 2.05. The molecular formula is C19H23FN2O3. The Labute approximate surface area is 147 Å². The van der Waals surface area contributed by atoms with Crippen molar-refractivity contribution < 1.29 is 18.7 Å². The maximum atomic E-state index is 13.8. The van der Waals surface area contributed by atoms with E-state index in [2.05, 4.69) is 5.32 Å². The molecular weight excluding hydrogens is 323 g/mol. The molecule has 6 heteroatoms. The lowest BCUT2D eigenvalue weighted by Crippen LogP contribution is -2.39. The summed E-state index contributed by atoms with van der Waals surface area (Å²) in [6, 6.07) is 11.2. The molecule has 2 aromatic rings. The van der Waals surface area contributed by atoms with Crippen molar-refractivity contribution in [1.82, 2.24) is 4.90 Å². The van der Waals surface area contributed by atoms with Gasteiger partial charge < -0.3 is 14.8 Å². The second-order valence-corrected chi connectivity index (χ2v) is 5.77. The molecule has 25 heavy (non-hydrogen) atoms. The zero-order valence-electron chi connectivity index (χ0n) is 14.9. The van der Waals surface area contributed by atoms with E-state index in [-0.39, 0.29) is 11.7 Å². The largest absolute Gasteiger partial charge is 0.497 e. The molecule has 2 aromatic carbocycles. The standard InChI is InChI=1S/C19H23FN2O3/c1-13(22(2)12-14-7-5-6-8-18(14)20)19(23)21-15-9-16(24-3)11-17(10-15)25-4/h5-11,13H,12H2,1-4H3,(H,21,23). The van der Waals surface area contributed by atoms with Gasteiger partial charge in [-0.1, -0.05) is 18.2 Å². The van der Waals surface area contributed by atoms with Crippen LogP contribution in [0.4, 0.5) is 10.1 Å². The summed E-state index contributed by atoms with van der Waals surface area (Å²) in [5, 5.41) is 2.84. The fourth-order valence-electron chi connectivity index (χ4n) is 2.36. The molecule has 0 bridgehead atoms. The van der Waals surface area contributed by atoms with Crippen LogP contribution >= 0.6 is 0 Å². The van der Waals surface area contributed by atoms with E-state index < -0.39 is 6.04 Å². The van der Waals surface area contributed by atoms with Crippen molar-refractivity contribution in [3.63, 3.8) is 0 Å². The predicted octanol–water partition coefficient (Wildman–Crippen LogP) is 3.30. The Morgan fingerprint density at radius 3 is 2.32 bits per heavy atom. The highest BCUT2D eigenvalue weighted by Crippen LogP contribution is 2.26. The Hall–Kier alpha value is -2.60. The second kappa shape index (κ2) is 8.48. The third-order valence-electron chi connectivity index (χ3n) is 4.04. The second-order valence-electron chi connectivity index (χ2n) is 5.77. The van der Waals surface area contributed by atoms with Gasteiger partial charge in [0.1, 0.15) is 17.3 Å². The fourth-order valence-corrected chi connectivity index (χ4v) is 2.36. The molecule has 0 radical (unpaired) electrons. The van der Waals surface area contributed by atoms with E-state index in [4.69, 9.17) is 9.47 Å². The zero-order valence-corrected chi connectivity index (χ0v) is 14.9. The van der Waals surface area contributed by atoms with Gasteiger partial charge in [0.15, 0.2) is 0 Å². The first-order valence-corrected chi connectivity index (χ1v) is 7.92. The minimum atomic E-state index is -0.447. The van der Waals surface area contributed by atoms with Crippen LogP contribution in [0.3, 0.4) is 0 Å². The number of methoxy groups -OCH3 is 2. The van der Waals surface area contributed by atoms with Crippen LogP contribution < -0.4 is 14.8 Å². The van der Waals surface area contributed by atoms with Crippen LogP contribution in [0.15, 0.2) is 42.5 Å². The van der Waals surface area contributed by atoms with Gasteiger partial charge in [-0.2, -0.15) is 0 Å². The molecule has 134 valence electrons. The number of halogens is 1. The van der Waals surface area contributed by atoms with Crippen LogP contribution in [0.1, 0.15) is 12.5 Å². The first-order chi connectivity index (χ1) is 11.9. The molecule has 0 aliphatic rings. The average Bonchev–Trinajstić information content (AvgIpc) is 2.62. The summed E-state index contributed by atoms with van der Waals surface area (Å²) in [5.74, 6) is 0.692. The number of nitrogens with zero attached hydrogens (tertiary/aromatic N) is 1. The fraction of sp³-hybridized carbons (Fsp3) is 0.316. The number of rotatable bonds is 7. The van der Waals surface area contributed by atoms with Crippen molar-refractivity contribution in [2.45, 2.75) is 19.5 Å². The summed E-state index contributed by atoms with van der Waals surface area (Å²) in [4.78, 5) is 14.3. The molecule has 1 atom stereocenters. The number of anilines is 1. The molecule has 0 aliphatic carbocycles. The van der Waals surface area contributed by atoms with Crippen molar-refractivity contribution in [2.24, 2.45) is 0 Å². The molecule has 0 saturated carbocycles. The molecule has 0 saturated heterocycles. The van der Waals surface area contributed by atoms with Gasteiger partial charge in [-0.3, -0.25) is 9.69 Å². The lowest BCUT2D eigenvalue weighted by molar-refractivity contribution is -0.120. The van der Waals surface area contributed by atoms with Gasteiger partial charge >= 0.3 is 0 Å². The summed E-state index contributed by atoms with van der Waals surface area (Å²) >= 11 is 0. The summed E-state index contributed by atoms with van der Waals surface area (Å²) in [7, 11) is 4.87. The van der Waals surface area contributed by atoms with E-state index in [9.17, 15) is 9.18 Å². The van der Waals surface area contributed by atoms with Crippen LogP contribution in [-0.4, -0.2) is 38.1 Å². The Morgan fingerprint density at radius 1 is 1.16 bits per heavy atom. The number of benzene rings is 2. The molecule has 1 amide bonds. The molecule has 0 heterocycles. The molecule has 1 N–H and O–H groups in total. The quantitative estimate of drug-likeness (QED) is 0.836. The monoisotopic (exact) mass is 346 g/mol. The number of likely N-dealkylation sites (N-methyl/N-ethyl adjacent to an activating group) is 1. The number of hydrogen-bond acceptors (Lipinski definition) is 4. The molecule has 0 aliphatic heterocycles. The normalized spacial score (nSPS) is 11.9. The van der Waals surface area contributed by atoms with E-state index in [1.54, 1.807) is 69.5 Å². The van der Waals surface area contributed by atoms with Gasteiger partial charge in [0.25, 0.3) is 0 Å². The SMILES string of the molecule is COc1cc(NC(=O)C(C)N(C)Cc2ccccc2F)cc(OC)c1. The number of ether oxygens (including phenoxy) is 2. The van der Waals surface area contributed by atoms with Gasteiger partial charge in [0.05, 0.1) is 20.3 Å². The van der Waals surface area contributed by atoms with Crippen molar-refractivity contribution >= 4 is 11.6 Å². The first-order valence-electron chi connectivity index (χ1n) is 7.92. The van der Waals surface area contributed by atoms with Crippen molar-refractivity contribution in [3.8, 4) is 11.5 Å². The van der Waals surface area contributed by atoms with Gasteiger partial charge in [-0.05, 0) is 20.0 Å². The molecule has 0 spiro atoms. The van der Waals surface area contributed by atoms with E-state index in [1.807, 2.05) is 0 Å². The first kappa shape index (κ1) is 18.7. The molecule has 1 unspecified atom stereocenters. The van der Waals surface area contributed by atoms with E-state index in [0.29, 0.717) is 29.3 Å². The molecule has 2 rings (SSSR count). The van der Waals surface area contributed by atoms with Gasteiger partial charge in [-0.15, -0.1) is 0 Å². The van der Waals surface area contributed by atoms with Gasteiger partial charge in [0.2, 0.25) is 5.91 Å². The number of nitrogens with one attached hydrogen (secondary N) is 1. The highest BCUT2D eigenvalue weighted by molar-refractivity contribution is 5.94. The van der Waals surface area contributed by atoms with E-state index in [0.717, 1.165) is 0 Å². The van der Waals surface area contributed by atoms with Gasteiger partial charge in [0, 0.05) is 36.0 Å². The summed E-state index contributed by atoms with van der Waals surface area (Å²) < 4.78 is 24.2. The van der Waals surface area contributed by atoms with E-state index in [1.165, 1.54) is 6.07 Å². The van der Waals surface area contributed by atoms with Crippen LogP contribution in [0, 0.1) is 5.82 Å². The third-order valence-corrected chi connectivity index (χ3v) is 4.04. The highest BCUT2D eigenvalue weighted by atomic mass is 19.1. The maximum absolute atomic E-state index is 13.8. The Bertz CT molecular complexity index is 714. The molecule has 0 aromatic heterocycles. The average molecular weight is 346 g/mol. The summed E-state index contributed by atoms with van der Waals surface area (Å²) in [6.07, 6.45) is 0. The topological polar surface area (TPSA) is 50.8 Å². The van der Waals surface area contributed by atoms with E-state index >= 15 is 0 Å². The number of carbonyl (C=O) groups is 1. The van der Waals surface area contributed by atoms with Crippen LogP contribution in [0.2, 0.25) is 0 Å². The zero-order chi connectivity index (χ0) is 18.4. The minimum absolute atomic E-state index is 0.200. The number of carbonyl (C=O) groups excluding carboxylic acids is 1. The van der Waals surface area contributed by atoms with Crippen LogP contribution in [-0.2, 0) is 11.3 Å². The van der Waals surface area contributed by atoms with Crippen LogP contribution in [0.5, 0.6) is 11.5 Å². The molecule has 5 nitrogen and oxygen atoms in total. The summed E-state index contributed by atoms with van der Waals surface area (Å²) in [5.41, 5.74) is 1.13. The lowest BCUT2D eigenvalue weighted by Gasteiger charge is -2.24. The van der Waals surface area contributed by atoms with Crippen molar-refractivity contribution in [3.05, 3.63) is 53.8 Å². The summed E-state index contributed by atoms with van der Waals surface area (Å²) in [6.45, 7) is 2.11. The highest BCUT2D eigenvalue weighted by Gasteiger charge is 2.19. The Morgan fingerprint density at radius 2 is 1.76 bits per heavy atom. The molecule has 0 fully saturated rings. The van der Waals surface area contributed by atoms with Crippen molar-refractivity contribution in [1.29, 1.82) is 0 Å². The Kier molecular flexibility index (Phi) is 6.36. The third kappa shape index (κ3) is 4.93. The predicted molar refractivity (Wildman–Crippen MR) is 95.5 cm³/mol. The maximum Gasteiger partial charge on any atom is 0.241 e. The smallest absolute Gasteiger partial charge is 0.241 e. The number of amides is 1. The van der Waals surface area contributed by atoms with Gasteiger partial charge in [-0.25, -0.2) is 4.39 Å².